The third kappa shape index (κ3) is 2.36. The lowest BCUT2D eigenvalue weighted by molar-refractivity contribution is -0.119. The lowest BCUT2D eigenvalue weighted by Crippen LogP contribution is -2.30. The third-order valence-corrected chi connectivity index (χ3v) is 2.21. The number of aromatic nitrogens is 2. The molecule has 0 aromatic carbocycles. The number of carbonyl (C=O) groups is 1. The zero-order valence-corrected chi connectivity index (χ0v) is 9.61. The molecule has 1 atom stereocenters. The summed E-state index contributed by atoms with van der Waals surface area (Å²) in [5.74, 6) is -0.534. The van der Waals surface area contributed by atoms with Gasteiger partial charge in [-0.05, 0) is 0 Å². The first-order valence-electron chi connectivity index (χ1n) is 4.82. The Balaban J connectivity index is 3.24. The van der Waals surface area contributed by atoms with E-state index in [-0.39, 0.29) is 5.41 Å². The van der Waals surface area contributed by atoms with Crippen LogP contribution in [0.25, 0.3) is 0 Å². The highest BCUT2D eigenvalue weighted by atomic mass is 16.1. The molecule has 0 aliphatic heterocycles. The minimum absolute atomic E-state index is 0.149. The van der Waals surface area contributed by atoms with Gasteiger partial charge in [0.2, 0.25) is 5.91 Å². The van der Waals surface area contributed by atoms with Gasteiger partial charge in [0.25, 0.3) is 0 Å². The fraction of sp³-hybridized carbons (Fsp3) is 0.600. The first kappa shape index (κ1) is 11.7. The molecule has 0 bridgehead atoms. The van der Waals surface area contributed by atoms with Crippen molar-refractivity contribution in [2.45, 2.75) is 32.2 Å². The lowest BCUT2D eigenvalue weighted by Gasteiger charge is -2.19. The molecule has 1 unspecified atom stereocenters. The highest BCUT2D eigenvalue weighted by Gasteiger charge is 2.27. The molecule has 4 N–H and O–H groups in total. The van der Waals surface area contributed by atoms with E-state index >= 15 is 0 Å². The van der Waals surface area contributed by atoms with Crippen molar-refractivity contribution in [3.05, 3.63) is 17.5 Å². The fourth-order valence-corrected chi connectivity index (χ4v) is 1.47. The van der Waals surface area contributed by atoms with E-state index in [1.165, 1.54) is 0 Å². The third-order valence-electron chi connectivity index (χ3n) is 2.21. The van der Waals surface area contributed by atoms with Crippen molar-refractivity contribution in [3.8, 4) is 0 Å². The Labute approximate surface area is 89.4 Å². The standard InChI is InChI=1S/C10H18N4O/c1-10(2,3)8-6(5-14(4)13-8)7(11)9(12)15/h5,7H,11H2,1-4H3,(H2,12,15). The second-order valence-corrected chi connectivity index (χ2v) is 4.74. The molecule has 0 fully saturated rings. The quantitative estimate of drug-likeness (QED) is 0.731. The average molecular weight is 210 g/mol. The normalized spacial score (nSPS) is 13.9. The summed E-state index contributed by atoms with van der Waals surface area (Å²) in [5, 5.41) is 4.31. The molecular formula is C10H18N4O. The van der Waals surface area contributed by atoms with Crippen LogP contribution in [-0.4, -0.2) is 15.7 Å². The van der Waals surface area contributed by atoms with Crippen LogP contribution >= 0.6 is 0 Å². The van der Waals surface area contributed by atoms with Gasteiger partial charge >= 0.3 is 0 Å². The number of nitrogens with two attached hydrogens (primary N) is 2. The summed E-state index contributed by atoms with van der Waals surface area (Å²) in [5.41, 5.74) is 12.3. The molecule has 1 aromatic heterocycles. The van der Waals surface area contributed by atoms with Gasteiger partial charge in [0.05, 0.1) is 5.69 Å². The fourth-order valence-electron chi connectivity index (χ4n) is 1.47. The van der Waals surface area contributed by atoms with E-state index in [0.717, 1.165) is 5.69 Å². The summed E-state index contributed by atoms with van der Waals surface area (Å²) in [7, 11) is 1.80. The molecule has 1 amide bonds. The smallest absolute Gasteiger partial charge is 0.239 e. The molecule has 1 heterocycles. The van der Waals surface area contributed by atoms with Crippen molar-refractivity contribution < 1.29 is 4.79 Å². The van der Waals surface area contributed by atoms with Crippen LogP contribution in [0.1, 0.15) is 38.1 Å². The van der Waals surface area contributed by atoms with E-state index in [0.29, 0.717) is 5.56 Å². The number of hydrogen-bond acceptors (Lipinski definition) is 3. The number of primary amides is 1. The zero-order valence-electron chi connectivity index (χ0n) is 9.61. The van der Waals surface area contributed by atoms with Gasteiger partial charge in [-0.15, -0.1) is 0 Å². The minimum Gasteiger partial charge on any atom is -0.368 e. The Morgan fingerprint density at radius 2 is 2.07 bits per heavy atom. The van der Waals surface area contributed by atoms with E-state index in [4.69, 9.17) is 11.5 Å². The summed E-state index contributed by atoms with van der Waals surface area (Å²) in [4.78, 5) is 11.0. The van der Waals surface area contributed by atoms with Crippen molar-refractivity contribution in [2.24, 2.45) is 18.5 Å². The molecule has 84 valence electrons. The van der Waals surface area contributed by atoms with Crippen LogP contribution in [0.5, 0.6) is 0 Å². The molecule has 0 saturated carbocycles. The summed E-state index contributed by atoms with van der Waals surface area (Å²) >= 11 is 0. The molecule has 0 radical (unpaired) electrons. The van der Waals surface area contributed by atoms with E-state index in [2.05, 4.69) is 5.10 Å². The van der Waals surface area contributed by atoms with Crippen LogP contribution in [0, 0.1) is 0 Å². The number of rotatable bonds is 2. The number of carbonyl (C=O) groups excluding carboxylic acids is 1. The topological polar surface area (TPSA) is 86.9 Å². The molecular weight excluding hydrogens is 192 g/mol. The van der Waals surface area contributed by atoms with Gasteiger partial charge in [-0.2, -0.15) is 5.10 Å². The van der Waals surface area contributed by atoms with Crippen molar-refractivity contribution in [1.29, 1.82) is 0 Å². The van der Waals surface area contributed by atoms with Gasteiger partial charge in [-0.1, -0.05) is 20.8 Å². The Morgan fingerprint density at radius 1 is 1.53 bits per heavy atom. The molecule has 0 aliphatic carbocycles. The van der Waals surface area contributed by atoms with E-state index in [1.54, 1.807) is 17.9 Å². The molecule has 0 aliphatic rings. The molecule has 1 rings (SSSR count). The molecule has 0 saturated heterocycles. The van der Waals surface area contributed by atoms with Gasteiger partial charge in [0.1, 0.15) is 6.04 Å². The highest BCUT2D eigenvalue weighted by molar-refractivity contribution is 5.81. The SMILES string of the molecule is Cn1cc(C(N)C(N)=O)c(C(C)(C)C)n1. The first-order valence-corrected chi connectivity index (χ1v) is 4.82. The lowest BCUT2D eigenvalue weighted by atomic mass is 9.87. The Kier molecular flexibility index (Phi) is 2.86. The maximum atomic E-state index is 11.0. The Hall–Kier alpha value is -1.36. The average Bonchev–Trinajstić information content (AvgIpc) is 2.44. The van der Waals surface area contributed by atoms with E-state index in [9.17, 15) is 4.79 Å². The summed E-state index contributed by atoms with van der Waals surface area (Å²) in [6.45, 7) is 6.06. The van der Waals surface area contributed by atoms with Crippen molar-refractivity contribution >= 4 is 5.91 Å². The predicted molar refractivity (Wildman–Crippen MR) is 58.0 cm³/mol. The number of nitrogens with zero attached hydrogens (tertiary/aromatic N) is 2. The van der Waals surface area contributed by atoms with Crippen LogP contribution < -0.4 is 11.5 Å². The summed E-state index contributed by atoms with van der Waals surface area (Å²) in [6.07, 6.45) is 1.75. The Bertz CT molecular complexity index is 375. The number of aryl methyl sites for hydroxylation is 1. The van der Waals surface area contributed by atoms with Crippen LogP contribution in [0.4, 0.5) is 0 Å². The van der Waals surface area contributed by atoms with Crippen LogP contribution in [0.2, 0.25) is 0 Å². The highest BCUT2D eigenvalue weighted by Crippen LogP contribution is 2.27. The largest absolute Gasteiger partial charge is 0.368 e. The first-order chi connectivity index (χ1) is 6.73. The zero-order chi connectivity index (χ0) is 11.8. The van der Waals surface area contributed by atoms with E-state index < -0.39 is 11.9 Å². The monoisotopic (exact) mass is 210 g/mol. The van der Waals surface area contributed by atoms with Crippen molar-refractivity contribution in [2.75, 3.05) is 0 Å². The van der Waals surface area contributed by atoms with E-state index in [1.807, 2.05) is 20.8 Å². The second kappa shape index (κ2) is 3.66. The molecule has 5 heteroatoms. The van der Waals surface area contributed by atoms with Crippen molar-refractivity contribution in [1.82, 2.24) is 9.78 Å². The van der Waals surface area contributed by atoms with Gasteiger partial charge in [-0.25, -0.2) is 0 Å². The molecule has 0 spiro atoms. The van der Waals surface area contributed by atoms with Gasteiger partial charge < -0.3 is 11.5 Å². The van der Waals surface area contributed by atoms with Gasteiger partial charge in [-0.3, -0.25) is 9.48 Å². The van der Waals surface area contributed by atoms with Crippen molar-refractivity contribution in [3.63, 3.8) is 0 Å². The maximum absolute atomic E-state index is 11.0. The summed E-state index contributed by atoms with van der Waals surface area (Å²) in [6, 6.07) is -0.784. The second-order valence-electron chi connectivity index (χ2n) is 4.74. The van der Waals surface area contributed by atoms with Crippen LogP contribution in [-0.2, 0) is 17.3 Å². The Morgan fingerprint density at radius 3 is 2.47 bits per heavy atom. The van der Waals surface area contributed by atoms with Gasteiger partial charge in [0.15, 0.2) is 0 Å². The number of hydrogen-bond donors (Lipinski definition) is 2. The van der Waals surface area contributed by atoms with Crippen LogP contribution in [0.3, 0.4) is 0 Å². The molecule has 1 aromatic rings. The minimum atomic E-state index is -0.784. The molecule has 15 heavy (non-hydrogen) atoms. The van der Waals surface area contributed by atoms with Crippen LogP contribution in [0.15, 0.2) is 6.20 Å². The number of amides is 1. The maximum Gasteiger partial charge on any atom is 0.239 e. The predicted octanol–water partition coefficient (Wildman–Crippen LogP) is 0.203. The summed E-state index contributed by atoms with van der Waals surface area (Å²) < 4.78 is 1.65. The van der Waals surface area contributed by atoms with Gasteiger partial charge in [0, 0.05) is 24.2 Å². The molecule has 5 nitrogen and oxygen atoms in total.